The van der Waals surface area contributed by atoms with Crippen LogP contribution in [0.3, 0.4) is 0 Å². The first-order valence-corrected chi connectivity index (χ1v) is 15.3. The van der Waals surface area contributed by atoms with Crippen LogP contribution < -0.4 is 43.4 Å². The van der Waals surface area contributed by atoms with E-state index in [0.29, 0.717) is 0 Å². The summed E-state index contributed by atoms with van der Waals surface area (Å²) in [4.78, 5) is 110. The fraction of sp³-hybridized carbons (Fsp3) is 0.640. The maximum Gasteiger partial charge on any atom is 0.305 e. The van der Waals surface area contributed by atoms with Crippen molar-refractivity contribution in [2.45, 2.75) is 74.9 Å². The van der Waals surface area contributed by atoms with Crippen LogP contribution in [0.1, 0.15) is 33.1 Å². The Hall–Kier alpha value is -4.19. The summed E-state index contributed by atoms with van der Waals surface area (Å²) in [5.41, 5.74) is 9.42. The van der Waals surface area contributed by atoms with Gasteiger partial charge in [0.2, 0.25) is 41.4 Å². The summed E-state index contributed by atoms with van der Waals surface area (Å²) in [5, 5.41) is 50.5. The lowest BCUT2D eigenvalue weighted by Crippen LogP contribution is -2.61. The number of amides is 7. The number of aliphatic hydroxyl groups is 2. The van der Waals surface area contributed by atoms with Crippen molar-refractivity contribution in [2.24, 2.45) is 11.5 Å². The first-order valence-electron chi connectivity index (χ1n) is 14.0. The van der Waals surface area contributed by atoms with Crippen LogP contribution in [0, 0.1) is 0 Å². The molecule has 0 spiro atoms. The van der Waals surface area contributed by atoms with Crippen LogP contribution in [0.5, 0.6) is 0 Å². The zero-order valence-electron chi connectivity index (χ0n) is 25.9. The van der Waals surface area contributed by atoms with Crippen molar-refractivity contribution in [2.75, 3.05) is 24.7 Å². The van der Waals surface area contributed by atoms with Crippen LogP contribution in [-0.2, 0) is 43.2 Å². The number of carbonyl (C=O) groups is 9. The van der Waals surface area contributed by atoms with Crippen LogP contribution in [-0.4, -0.2) is 140 Å². The number of hydrogen-bond acceptors (Lipinski definition) is 14. The Bertz CT molecular complexity index is 1220. The van der Waals surface area contributed by atoms with Gasteiger partial charge in [-0.05, 0) is 20.3 Å². The van der Waals surface area contributed by atoms with Crippen molar-refractivity contribution in [3.05, 3.63) is 0 Å². The van der Waals surface area contributed by atoms with Gasteiger partial charge >= 0.3 is 11.9 Å². The summed E-state index contributed by atoms with van der Waals surface area (Å²) < 4.78 is 0. The fourth-order valence-electron chi connectivity index (χ4n) is 3.42. The fourth-order valence-corrected chi connectivity index (χ4v) is 3.94. The molecule has 272 valence electrons. The molecule has 21 nitrogen and oxygen atoms in total. The molecule has 0 heterocycles. The lowest BCUT2D eigenvalue weighted by molar-refractivity contribution is -0.141. The summed E-state index contributed by atoms with van der Waals surface area (Å²) in [5.74, 6) is -11.2. The van der Waals surface area contributed by atoms with E-state index in [-0.39, 0.29) is 11.5 Å². The van der Waals surface area contributed by atoms with Crippen molar-refractivity contribution >= 4 is 78.5 Å². The Morgan fingerprint density at radius 3 is 1.35 bits per heavy atom. The maximum absolute atomic E-state index is 13.1. The Kier molecular flexibility index (Phi) is 19.1. The zero-order chi connectivity index (χ0) is 37.4. The Morgan fingerprint density at radius 2 is 0.979 bits per heavy atom. The molecule has 0 aromatic carbocycles. The molecule has 0 aliphatic heterocycles. The highest BCUT2D eigenvalue weighted by Gasteiger charge is 2.34. The van der Waals surface area contributed by atoms with Gasteiger partial charge < -0.3 is 63.8 Å². The minimum atomic E-state index is -1.97. The number of aliphatic carboxylic acids is 2. The molecule has 0 aromatic heterocycles. The van der Waals surface area contributed by atoms with Gasteiger partial charge in [0, 0.05) is 17.9 Å². The van der Waals surface area contributed by atoms with Crippen LogP contribution in [0.2, 0.25) is 0 Å². The van der Waals surface area contributed by atoms with E-state index in [1.165, 1.54) is 13.8 Å². The van der Waals surface area contributed by atoms with E-state index in [4.69, 9.17) is 16.6 Å². The maximum atomic E-state index is 13.1. The van der Waals surface area contributed by atoms with Gasteiger partial charge in [0.1, 0.15) is 36.3 Å². The van der Waals surface area contributed by atoms with Gasteiger partial charge in [-0.25, -0.2) is 0 Å². The number of hydrogen-bond donors (Lipinski definition) is 14. The summed E-state index contributed by atoms with van der Waals surface area (Å²) in [6.07, 6.45) is -2.44. The van der Waals surface area contributed by atoms with Gasteiger partial charge in [0.05, 0.1) is 25.2 Å². The molecule has 0 bridgehead atoms. The number of carboxylic acid groups (broad SMARTS) is 2. The van der Waals surface area contributed by atoms with Gasteiger partial charge in [-0.3, -0.25) is 43.2 Å². The van der Waals surface area contributed by atoms with Gasteiger partial charge in [0.15, 0.2) is 0 Å². The first-order chi connectivity index (χ1) is 22.2. The number of thiol groups is 2. The van der Waals surface area contributed by atoms with Gasteiger partial charge in [-0.15, -0.1) is 0 Å². The van der Waals surface area contributed by atoms with Crippen molar-refractivity contribution in [3.63, 3.8) is 0 Å². The first kappa shape index (κ1) is 43.8. The number of carboxylic acids is 2. The molecular weight excluding hydrogens is 684 g/mol. The molecule has 48 heavy (non-hydrogen) atoms. The molecule has 6 unspecified atom stereocenters. The Balaban J connectivity index is 5.94. The predicted molar refractivity (Wildman–Crippen MR) is 170 cm³/mol. The third-order valence-electron chi connectivity index (χ3n) is 6.15. The second-order valence-corrected chi connectivity index (χ2v) is 11.4. The molecule has 7 amide bonds. The van der Waals surface area contributed by atoms with E-state index in [9.17, 15) is 58.5 Å². The molecule has 0 saturated heterocycles. The number of carbonyl (C=O) groups excluding carboxylic acids is 7. The molecule has 0 rings (SSSR count). The van der Waals surface area contributed by atoms with Crippen molar-refractivity contribution in [1.29, 1.82) is 0 Å². The molecule has 0 radical (unpaired) electrons. The van der Waals surface area contributed by atoms with Crippen molar-refractivity contribution in [1.82, 2.24) is 31.9 Å². The van der Waals surface area contributed by atoms with Crippen LogP contribution in [0.15, 0.2) is 0 Å². The van der Waals surface area contributed by atoms with Crippen LogP contribution >= 0.6 is 25.3 Å². The molecular formula is C25H42N8O13S2. The molecule has 23 heteroatoms. The summed E-state index contributed by atoms with van der Waals surface area (Å²) in [6.45, 7) is 0.628. The molecule has 0 aliphatic carbocycles. The number of nitrogens with two attached hydrogens (primary N) is 2. The third-order valence-corrected chi connectivity index (χ3v) is 6.89. The second kappa shape index (κ2) is 20.9. The number of primary amides is 1. The molecule has 0 saturated carbocycles. The predicted octanol–water partition coefficient (Wildman–Crippen LogP) is -6.70. The van der Waals surface area contributed by atoms with Crippen molar-refractivity contribution < 1.29 is 63.6 Å². The van der Waals surface area contributed by atoms with Gasteiger partial charge in [-0.1, -0.05) is 0 Å². The summed E-state index contributed by atoms with van der Waals surface area (Å²) >= 11 is 7.82. The number of nitrogens with one attached hydrogen (secondary N) is 6. The second-order valence-electron chi connectivity index (χ2n) is 10.7. The lowest BCUT2D eigenvalue weighted by Gasteiger charge is -2.26. The topological polar surface area (TPSA) is 359 Å². The molecule has 0 fully saturated rings. The minimum Gasteiger partial charge on any atom is -0.481 e. The monoisotopic (exact) mass is 726 g/mol. The summed E-state index contributed by atoms with van der Waals surface area (Å²) in [6, 6.07) is -9.88. The highest BCUT2D eigenvalue weighted by Crippen LogP contribution is 2.04. The Labute approximate surface area is 284 Å². The normalized spacial score (nSPS) is 14.8. The van der Waals surface area contributed by atoms with Crippen LogP contribution in [0.4, 0.5) is 0 Å². The van der Waals surface area contributed by atoms with Crippen molar-refractivity contribution in [3.8, 4) is 0 Å². The number of aliphatic hydroxyl groups excluding tert-OH is 2. The quantitative estimate of drug-likeness (QED) is 0.0461. The lowest BCUT2D eigenvalue weighted by atomic mass is 10.1. The highest BCUT2D eigenvalue weighted by atomic mass is 32.1. The largest absolute Gasteiger partial charge is 0.481 e. The average Bonchev–Trinajstić information content (AvgIpc) is 2.99. The summed E-state index contributed by atoms with van der Waals surface area (Å²) in [7, 11) is 0. The zero-order valence-corrected chi connectivity index (χ0v) is 27.7. The van der Waals surface area contributed by atoms with E-state index in [2.05, 4.69) is 51.8 Å². The molecule has 6 atom stereocenters. The number of rotatable bonds is 22. The molecule has 0 aliphatic rings. The van der Waals surface area contributed by atoms with E-state index in [1.54, 1.807) is 0 Å². The van der Waals surface area contributed by atoms with E-state index in [0.717, 1.165) is 0 Å². The highest BCUT2D eigenvalue weighted by molar-refractivity contribution is 7.80. The smallest absolute Gasteiger partial charge is 0.305 e. The minimum absolute atomic E-state index is 0.235. The van der Waals surface area contributed by atoms with Crippen LogP contribution in [0.25, 0.3) is 0 Å². The van der Waals surface area contributed by atoms with E-state index in [1.807, 2.05) is 5.32 Å². The Morgan fingerprint density at radius 1 is 0.604 bits per heavy atom. The van der Waals surface area contributed by atoms with Gasteiger partial charge in [-0.2, -0.15) is 25.3 Å². The molecule has 0 aromatic rings. The molecule has 14 N–H and O–H groups in total. The third kappa shape index (κ3) is 15.6. The SMILES string of the molecule is CC(C)(N)C(=O)NC(CS)C(=O)NC(CO)C(=O)NC(CC(=O)O)C(=O)NC(CCC(=O)O)C(=O)NC(CO)C(=O)NC(CS)C(N)=O. The average molecular weight is 727 g/mol. The van der Waals surface area contributed by atoms with E-state index >= 15 is 0 Å². The standard InChI is InChI=1S/C25H42N8O13S2/c1-25(2,27)24(46)33-15(9-48)23(45)31-12(6-34)21(43)29-11(5-17(38)39)20(42)28-10(3-4-16(36)37)19(41)30-13(7-35)22(44)32-14(8-47)18(26)40/h10-15,34-35,47-48H,3-9,27H2,1-2H3,(H2,26,40)(H,28,42)(H,29,43)(H,30,41)(H,31,45)(H,32,44)(H,33,46)(H,36,37)(H,38,39). The van der Waals surface area contributed by atoms with E-state index < -0.39 is 128 Å². The van der Waals surface area contributed by atoms with Gasteiger partial charge in [0.25, 0.3) is 0 Å².